The van der Waals surface area contributed by atoms with Crippen molar-refractivity contribution in [3.63, 3.8) is 0 Å². The summed E-state index contributed by atoms with van der Waals surface area (Å²) in [5.74, 6) is 1.82. The van der Waals surface area contributed by atoms with E-state index in [0.29, 0.717) is 0 Å². The van der Waals surface area contributed by atoms with Crippen LogP contribution in [-0.4, -0.2) is 0 Å². The van der Waals surface area contributed by atoms with Crippen LogP contribution in [0.4, 0.5) is 0 Å². The van der Waals surface area contributed by atoms with Crippen LogP contribution in [0.3, 0.4) is 0 Å². The molecule has 2 atom stereocenters. The highest BCUT2D eigenvalue weighted by atomic mass is 31.0. The van der Waals surface area contributed by atoms with Gasteiger partial charge >= 0.3 is 0 Å². The van der Waals surface area contributed by atoms with E-state index in [9.17, 15) is 0 Å². The molecule has 0 bridgehead atoms. The molecule has 0 heterocycles. The van der Waals surface area contributed by atoms with Crippen LogP contribution in [0, 0.1) is 0 Å². The average Bonchev–Trinajstić information content (AvgIpc) is 2.53. The Morgan fingerprint density at radius 3 is 1.00 bits per heavy atom. The lowest BCUT2D eigenvalue weighted by atomic mass is 9.75. The first-order chi connectivity index (χ1) is 13.8. The Morgan fingerprint density at radius 2 is 0.774 bits per heavy atom. The van der Waals surface area contributed by atoms with Gasteiger partial charge < -0.3 is 4.74 Å². The molecule has 0 saturated carbocycles. The van der Waals surface area contributed by atoms with Crippen LogP contribution in [0.15, 0.2) is 24.3 Å². The molecule has 172 valence electrons. The number of hydrogen-bond donors (Lipinski definition) is 0. The molecule has 0 aromatic heterocycles. The predicted octanol–water partition coefficient (Wildman–Crippen LogP) is 7.67. The van der Waals surface area contributed by atoms with Crippen molar-refractivity contribution >= 4 is 29.1 Å². The van der Waals surface area contributed by atoms with E-state index in [2.05, 4.69) is 126 Å². The molecule has 3 heteroatoms. The van der Waals surface area contributed by atoms with Gasteiger partial charge in [0.05, 0.1) is 0 Å². The van der Waals surface area contributed by atoms with Crippen LogP contribution < -0.4 is 15.3 Å². The van der Waals surface area contributed by atoms with Crippen LogP contribution in [0.5, 0.6) is 11.5 Å². The maximum absolute atomic E-state index is 6.61. The lowest BCUT2D eigenvalue weighted by Gasteiger charge is -2.34. The third kappa shape index (κ3) is 5.72. The van der Waals surface area contributed by atoms with Crippen LogP contribution in [0.25, 0.3) is 0 Å². The standard InChI is InChI=1S/C28H44OP2/c1-25(2,3)17-13-15-19(23(30)21(17)27(7,8)9)29-20-16-14-18(26(4,5)6)22(24(20)31)28(10,11)12/h13-16H,30-31H2,1-12H3. The molecule has 0 amide bonds. The summed E-state index contributed by atoms with van der Waals surface area (Å²) in [5, 5.41) is 2.31. The van der Waals surface area contributed by atoms with Gasteiger partial charge in [-0.15, -0.1) is 18.5 Å². The number of benzene rings is 2. The number of hydrogen-bond acceptors (Lipinski definition) is 1. The van der Waals surface area contributed by atoms with Crippen molar-refractivity contribution in [2.24, 2.45) is 0 Å². The van der Waals surface area contributed by atoms with Crippen LogP contribution in [0.2, 0.25) is 0 Å². The molecule has 0 N–H and O–H groups in total. The molecule has 0 spiro atoms. The van der Waals surface area contributed by atoms with Crippen LogP contribution in [-0.2, 0) is 21.7 Å². The summed E-state index contributed by atoms with van der Waals surface area (Å²) >= 11 is 0. The maximum atomic E-state index is 6.61. The monoisotopic (exact) mass is 458 g/mol. The highest BCUT2D eigenvalue weighted by Gasteiger charge is 2.30. The molecular formula is C28H44OP2. The zero-order valence-electron chi connectivity index (χ0n) is 21.9. The van der Waals surface area contributed by atoms with Gasteiger partial charge in [0.2, 0.25) is 0 Å². The number of ether oxygens (including phenoxy) is 1. The van der Waals surface area contributed by atoms with Gasteiger partial charge in [-0.25, -0.2) is 0 Å². The van der Waals surface area contributed by atoms with Gasteiger partial charge in [0, 0.05) is 10.6 Å². The largest absolute Gasteiger partial charge is 0.456 e. The van der Waals surface area contributed by atoms with Crippen molar-refractivity contribution in [1.29, 1.82) is 0 Å². The second-order valence-corrected chi connectivity index (χ2v) is 14.1. The first-order valence-corrected chi connectivity index (χ1v) is 12.5. The molecule has 0 aliphatic carbocycles. The van der Waals surface area contributed by atoms with Crippen molar-refractivity contribution in [3.8, 4) is 11.5 Å². The summed E-state index contributed by atoms with van der Waals surface area (Å²) in [6.45, 7) is 27.4. The minimum Gasteiger partial charge on any atom is -0.456 e. The summed E-state index contributed by atoms with van der Waals surface area (Å²) < 4.78 is 6.61. The van der Waals surface area contributed by atoms with E-state index >= 15 is 0 Å². The third-order valence-corrected chi connectivity index (χ3v) is 6.89. The van der Waals surface area contributed by atoms with Crippen LogP contribution in [0.1, 0.15) is 105 Å². The quantitative estimate of drug-likeness (QED) is 0.420. The fourth-order valence-electron chi connectivity index (χ4n) is 4.36. The molecule has 1 nitrogen and oxygen atoms in total. The minimum absolute atomic E-state index is 0.0233. The highest BCUT2D eigenvalue weighted by Crippen LogP contribution is 2.39. The predicted molar refractivity (Wildman–Crippen MR) is 146 cm³/mol. The van der Waals surface area contributed by atoms with Crippen LogP contribution >= 0.6 is 18.5 Å². The van der Waals surface area contributed by atoms with Gasteiger partial charge in [0.25, 0.3) is 0 Å². The molecule has 0 radical (unpaired) electrons. The Bertz CT molecular complexity index is 879. The van der Waals surface area contributed by atoms with Crippen molar-refractivity contribution in [3.05, 3.63) is 46.5 Å². The summed E-state index contributed by atoms with van der Waals surface area (Å²) in [6, 6.07) is 8.77. The topological polar surface area (TPSA) is 9.23 Å². The first kappa shape index (κ1) is 26.4. The molecular weight excluding hydrogens is 414 g/mol. The van der Waals surface area contributed by atoms with E-state index in [1.807, 2.05) is 0 Å². The molecule has 2 unspecified atom stereocenters. The van der Waals surface area contributed by atoms with Gasteiger partial charge in [-0.3, -0.25) is 0 Å². The Balaban J connectivity index is 2.70. The van der Waals surface area contributed by atoms with E-state index in [-0.39, 0.29) is 21.7 Å². The Labute approximate surface area is 196 Å². The second-order valence-electron chi connectivity index (χ2n) is 12.9. The molecule has 2 aromatic carbocycles. The summed E-state index contributed by atoms with van der Waals surface area (Å²) in [6.07, 6.45) is 0. The Morgan fingerprint density at radius 1 is 0.484 bits per heavy atom. The summed E-state index contributed by atoms with van der Waals surface area (Å²) in [5.41, 5.74) is 5.66. The van der Waals surface area contributed by atoms with Crippen molar-refractivity contribution in [1.82, 2.24) is 0 Å². The summed E-state index contributed by atoms with van der Waals surface area (Å²) in [7, 11) is 5.94. The molecule has 0 aliphatic heterocycles. The molecule has 0 aliphatic rings. The van der Waals surface area contributed by atoms with E-state index in [0.717, 1.165) is 22.1 Å². The molecule has 2 rings (SSSR count). The minimum atomic E-state index is 0.0233. The van der Waals surface area contributed by atoms with E-state index in [1.54, 1.807) is 0 Å². The zero-order chi connectivity index (χ0) is 24.2. The highest BCUT2D eigenvalue weighted by molar-refractivity contribution is 7.28. The molecule has 31 heavy (non-hydrogen) atoms. The van der Waals surface area contributed by atoms with Crippen molar-refractivity contribution in [2.45, 2.75) is 105 Å². The van der Waals surface area contributed by atoms with Gasteiger partial charge in [0.15, 0.2) is 0 Å². The SMILES string of the molecule is CC(C)(C)c1ccc(Oc2ccc(C(C)(C)C)c(C(C)(C)C)c2P)c(P)c1C(C)(C)C. The van der Waals surface area contributed by atoms with Gasteiger partial charge in [-0.2, -0.15) is 0 Å². The van der Waals surface area contributed by atoms with E-state index < -0.39 is 0 Å². The molecule has 0 saturated heterocycles. The van der Waals surface area contributed by atoms with E-state index in [1.165, 1.54) is 22.3 Å². The van der Waals surface area contributed by atoms with Crippen molar-refractivity contribution < 1.29 is 4.74 Å². The van der Waals surface area contributed by atoms with Gasteiger partial charge in [0.1, 0.15) is 11.5 Å². The molecule has 0 fully saturated rings. The van der Waals surface area contributed by atoms with E-state index in [4.69, 9.17) is 4.74 Å². The lowest BCUT2D eigenvalue weighted by molar-refractivity contribution is 0.477. The normalized spacial score (nSPS) is 13.5. The Kier molecular flexibility index (Phi) is 7.20. The fourth-order valence-corrected chi connectivity index (χ4v) is 5.85. The van der Waals surface area contributed by atoms with Gasteiger partial charge in [-0.1, -0.05) is 95.2 Å². The Hall–Kier alpha value is -0.900. The number of rotatable bonds is 2. The third-order valence-electron chi connectivity index (χ3n) is 5.75. The fraction of sp³-hybridized carbons (Fsp3) is 0.571. The lowest BCUT2D eigenvalue weighted by Crippen LogP contribution is -2.29. The molecule has 2 aromatic rings. The average molecular weight is 459 g/mol. The summed E-state index contributed by atoms with van der Waals surface area (Å²) in [4.78, 5) is 0. The zero-order valence-corrected chi connectivity index (χ0v) is 24.2. The van der Waals surface area contributed by atoms with Crippen molar-refractivity contribution in [2.75, 3.05) is 0 Å². The second kappa shape index (κ2) is 8.47. The smallest absolute Gasteiger partial charge is 0.134 e. The first-order valence-electron chi connectivity index (χ1n) is 11.3. The maximum Gasteiger partial charge on any atom is 0.134 e. The van der Waals surface area contributed by atoms with Gasteiger partial charge in [-0.05, 0) is 56.0 Å².